The lowest BCUT2D eigenvalue weighted by Gasteiger charge is -2.43. The Morgan fingerprint density at radius 1 is 1.37 bits per heavy atom. The molecule has 0 aliphatic heterocycles. The van der Waals surface area contributed by atoms with Crippen molar-refractivity contribution in [1.29, 1.82) is 0 Å². The predicted octanol–water partition coefficient (Wildman–Crippen LogP) is 1.55. The number of hydrogen-bond acceptors (Lipinski definition) is 3. The lowest BCUT2D eigenvalue weighted by molar-refractivity contribution is -0.123. The third-order valence-corrected chi connectivity index (χ3v) is 5.34. The maximum Gasteiger partial charge on any atom is 0.234 e. The van der Waals surface area contributed by atoms with Crippen LogP contribution in [0.3, 0.4) is 0 Å². The first-order chi connectivity index (χ1) is 8.90. The molecule has 0 radical (unpaired) electrons. The second-order valence-corrected chi connectivity index (χ2v) is 7.09. The molecule has 4 nitrogen and oxygen atoms in total. The fourth-order valence-corrected chi connectivity index (χ4v) is 4.25. The van der Waals surface area contributed by atoms with Crippen LogP contribution in [-0.2, 0) is 9.53 Å². The van der Waals surface area contributed by atoms with Gasteiger partial charge in [0.25, 0.3) is 0 Å². The van der Waals surface area contributed by atoms with Crippen molar-refractivity contribution in [3.63, 3.8) is 0 Å². The van der Waals surface area contributed by atoms with Crippen LogP contribution >= 0.6 is 0 Å². The van der Waals surface area contributed by atoms with Crippen molar-refractivity contribution in [1.82, 2.24) is 10.6 Å². The van der Waals surface area contributed by atoms with Crippen LogP contribution in [0.4, 0.5) is 0 Å². The largest absolute Gasteiger partial charge is 0.383 e. The van der Waals surface area contributed by atoms with Crippen LogP contribution < -0.4 is 10.6 Å². The van der Waals surface area contributed by atoms with E-state index in [1.807, 2.05) is 0 Å². The summed E-state index contributed by atoms with van der Waals surface area (Å²) in [5.41, 5.74) is 0.533. The van der Waals surface area contributed by atoms with E-state index in [1.54, 1.807) is 7.11 Å². The van der Waals surface area contributed by atoms with Gasteiger partial charge in [0, 0.05) is 19.7 Å². The summed E-state index contributed by atoms with van der Waals surface area (Å²) >= 11 is 0. The van der Waals surface area contributed by atoms with Gasteiger partial charge >= 0.3 is 0 Å². The summed E-state index contributed by atoms with van der Waals surface area (Å²) in [6, 6.07) is 0.315. The molecular weight excluding hydrogens is 240 g/mol. The van der Waals surface area contributed by atoms with Gasteiger partial charge in [-0.1, -0.05) is 20.8 Å². The summed E-state index contributed by atoms with van der Waals surface area (Å²) in [4.78, 5) is 12.1. The van der Waals surface area contributed by atoms with Crippen LogP contribution in [-0.4, -0.2) is 38.8 Å². The monoisotopic (exact) mass is 268 g/mol. The summed E-state index contributed by atoms with van der Waals surface area (Å²) in [6.07, 6.45) is 3.84. The van der Waals surface area contributed by atoms with Crippen molar-refractivity contribution in [2.45, 2.75) is 46.1 Å². The second kappa shape index (κ2) is 5.41. The van der Waals surface area contributed by atoms with Gasteiger partial charge < -0.3 is 15.4 Å². The number of methoxy groups -OCH3 is 1. The zero-order valence-corrected chi connectivity index (χ0v) is 12.7. The quantitative estimate of drug-likeness (QED) is 0.719. The van der Waals surface area contributed by atoms with Crippen LogP contribution in [0.2, 0.25) is 0 Å². The average molecular weight is 268 g/mol. The fourth-order valence-electron chi connectivity index (χ4n) is 4.25. The lowest BCUT2D eigenvalue weighted by Crippen LogP contribution is -2.54. The van der Waals surface area contributed by atoms with Crippen LogP contribution in [0.1, 0.15) is 40.0 Å². The molecule has 2 aliphatic carbocycles. The van der Waals surface area contributed by atoms with E-state index >= 15 is 0 Å². The van der Waals surface area contributed by atoms with Gasteiger partial charge in [0.2, 0.25) is 5.91 Å². The zero-order chi connectivity index (χ0) is 14.1. The van der Waals surface area contributed by atoms with E-state index in [9.17, 15) is 4.79 Å². The molecule has 2 rings (SSSR count). The topological polar surface area (TPSA) is 50.4 Å². The van der Waals surface area contributed by atoms with Crippen LogP contribution in [0.15, 0.2) is 0 Å². The minimum Gasteiger partial charge on any atom is -0.383 e. The Kier molecular flexibility index (Phi) is 4.21. The molecule has 0 aromatic carbocycles. The Bertz CT molecular complexity index is 338. The van der Waals surface area contributed by atoms with E-state index in [0.717, 1.165) is 12.5 Å². The Morgan fingerprint density at radius 2 is 2.11 bits per heavy atom. The van der Waals surface area contributed by atoms with Crippen molar-refractivity contribution in [2.24, 2.45) is 16.7 Å². The highest BCUT2D eigenvalue weighted by molar-refractivity contribution is 5.78. The van der Waals surface area contributed by atoms with E-state index in [2.05, 4.69) is 31.4 Å². The van der Waals surface area contributed by atoms with E-state index in [-0.39, 0.29) is 11.3 Å². The first-order valence-corrected chi connectivity index (χ1v) is 7.39. The lowest BCUT2D eigenvalue weighted by atomic mass is 9.68. The normalized spacial score (nSPS) is 35.6. The molecule has 3 unspecified atom stereocenters. The molecule has 19 heavy (non-hydrogen) atoms. The average Bonchev–Trinajstić information content (AvgIpc) is 2.82. The highest BCUT2D eigenvalue weighted by Crippen LogP contribution is 2.62. The fraction of sp³-hybridized carbons (Fsp3) is 0.933. The van der Waals surface area contributed by atoms with E-state index < -0.39 is 0 Å². The third kappa shape index (κ3) is 2.79. The predicted molar refractivity (Wildman–Crippen MR) is 75.9 cm³/mol. The third-order valence-electron chi connectivity index (χ3n) is 5.34. The van der Waals surface area contributed by atoms with Crippen molar-refractivity contribution in [2.75, 3.05) is 26.8 Å². The molecule has 2 bridgehead atoms. The van der Waals surface area contributed by atoms with Crippen molar-refractivity contribution in [3.05, 3.63) is 0 Å². The summed E-state index contributed by atoms with van der Waals surface area (Å²) in [5.74, 6) is 0.882. The maximum atomic E-state index is 12.1. The van der Waals surface area contributed by atoms with Gasteiger partial charge in [-0.3, -0.25) is 4.79 Å². The van der Waals surface area contributed by atoms with Crippen LogP contribution in [0.5, 0.6) is 0 Å². The molecule has 0 heterocycles. The summed E-state index contributed by atoms with van der Waals surface area (Å²) in [7, 11) is 1.67. The molecule has 2 N–H and O–H groups in total. The molecule has 4 heteroatoms. The number of rotatable bonds is 6. The zero-order valence-electron chi connectivity index (χ0n) is 12.7. The van der Waals surface area contributed by atoms with Gasteiger partial charge in [-0.25, -0.2) is 0 Å². The number of amides is 1. The number of hydrogen-bond donors (Lipinski definition) is 2. The number of fused-ring (bicyclic) bond motifs is 2. The molecular formula is C15H28N2O2. The molecule has 2 saturated carbocycles. The molecule has 0 aromatic heterocycles. The molecule has 1 amide bonds. The number of carbonyl (C=O) groups excluding carboxylic acids is 1. The molecule has 110 valence electrons. The molecule has 0 spiro atoms. The standard InChI is InChI=1S/C15H28N2O2/c1-14(2)11-5-6-15(3,9-11)13(14)17-12(18)10-16-7-8-19-4/h11,13,16H,5-10H2,1-4H3,(H,17,18). The smallest absolute Gasteiger partial charge is 0.234 e. The van der Waals surface area contributed by atoms with Crippen molar-refractivity contribution >= 4 is 5.91 Å². The van der Waals surface area contributed by atoms with Crippen molar-refractivity contribution in [3.8, 4) is 0 Å². The van der Waals surface area contributed by atoms with Crippen LogP contribution in [0, 0.1) is 16.7 Å². The first-order valence-electron chi connectivity index (χ1n) is 7.39. The highest BCUT2D eigenvalue weighted by Gasteiger charge is 2.59. The SMILES string of the molecule is COCCNCC(=O)NC1C2(C)CCC(C2)C1(C)C. The van der Waals surface area contributed by atoms with Crippen LogP contribution in [0.25, 0.3) is 0 Å². The molecule has 3 atom stereocenters. The van der Waals surface area contributed by atoms with Gasteiger partial charge in [-0.05, 0) is 36.0 Å². The summed E-state index contributed by atoms with van der Waals surface area (Å²) in [6.45, 7) is 8.71. The van der Waals surface area contributed by atoms with E-state index in [0.29, 0.717) is 24.6 Å². The van der Waals surface area contributed by atoms with Gasteiger partial charge in [-0.15, -0.1) is 0 Å². The number of nitrogens with one attached hydrogen (secondary N) is 2. The Morgan fingerprint density at radius 3 is 2.68 bits per heavy atom. The van der Waals surface area contributed by atoms with Crippen molar-refractivity contribution < 1.29 is 9.53 Å². The minimum absolute atomic E-state index is 0.114. The summed E-state index contributed by atoms with van der Waals surface area (Å²) in [5, 5.41) is 6.38. The Labute approximate surface area is 116 Å². The second-order valence-electron chi connectivity index (χ2n) is 7.09. The highest BCUT2D eigenvalue weighted by atomic mass is 16.5. The maximum absolute atomic E-state index is 12.1. The van der Waals surface area contributed by atoms with Gasteiger partial charge in [0.05, 0.1) is 13.2 Å². The van der Waals surface area contributed by atoms with Gasteiger partial charge in [0.1, 0.15) is 0 Å². The first kappa shape index (κ1) is 14.8. The van der Waals surface area contributed by atoms with E-state index in [4.69, 9.17) is 4.74 Å². The summed E-state index contributed by atoms with van der Waals surface area (Å²) < 4.78 is 4.95. The minimum atomic E-state index is 0.114. The molecule has 2 fully saturated rings. The van der Waals surface area contributed by atoms with Gasteiger partial charge in [-0.2, -0.15) is 0 Å². The molecule has 0 aromatic rings. The molecule has 0 saturated heterocycles. The Balaban J connectivity index is 1.86. The van der Waals surface area contributed by atoms with Gasteiger partial charge in [0.15, 0.2) is 0 Å². The van der Waals surface area contributed by atoms with E-state index in [1.165, 1.54) is 19.3 Å². The Hall–Kier alpha value is -0.610. The molecule has 2 aliphatic rings. The number of ether oxygens (including phenoxy) is 1. The number of carbonyl (C=O) groups is 1.